The lowest BCUT2D eigenvalue weighted by Crippen LogP contribution is -2.04. The fourth-order valence-electron chi connectivity index (χ4n) is 2.85. The van der Waals surface area contributed by atoms with Gasteiger partial charge < -0.3 is 24.1 Å². The van der Waals surface area contributed by atoms with Crippen LogP contribution < -0.4 is 18.9 Å². The highest BCUT2D eigenvalue weighted by molar-refractivity contribution is 5.92. The molecule has 0 unspecified atom stereocenters. The topological polar surface area (TPSA) is 105 Å². The zero-order chi connectivity index (χ0) is 20.3. The number of methoxy groups -OCH3 is 4. The Morgan fingerprint density at radius 3 is 2.11 bits per heavy atom. The van der Waals surface area contributed by atoms with Gasteiger partial charge in [0.25, 0.3) is 0 Å². The first-order chi connectivity index (χ1) is 13.5. The number of aromatic carboxylic acids is 1. The lowest BCUT2D eigenvalue weighted by molar-refractivity contribution is 0.0693. The Kier molecular flexibility index (Phi) is 5.35. The van der Waals surface area contributed by atoms with Gasteiger partial charge in [-0.15, -0.1) is 5.10 Å². The van der Waals surface area contributed by atoms with Crippen LogP contribution in [0.4, 0.5) is 0 Å². The number of carboxylic acid groups (broad SMARTS) is 1. The van der Waals surface area contributed by atoms with E-state index < -0.39 is 5.97 Å². The van der Waals surface area contributed by atoms with E-state index in [1.54, 1.807) is 28.9 Å². The van der Waals surface area contributed by atoms with Crippen molar-refractivity contribution >= 4 is 5.97 Å². The molecule has 1 aromatic heterocycles. The van der Waals surface area contributed by atoms with Gasteiger partial charge in [-0.25, -0.2) is 9.48 Å². The van der Waals surface area contributed by atoms with Gasteiger partial charge in [0, 0.05) is 17.7 Å². The van der Waals surface area contributed by atoms with Gasteiger partial charge in [0.1, 0.15) is 11.3 Å². The van der Waals surface area contributed by atoms with E-state index in [9.17, 15) is 9.90 Å². The predicted octanol–water partition coefficient (Wildman–Crippen LogP) is 2.67. The van der Waals surface area contributed by atoms with Crippen LogP contribution in [0.15, 0.2) is 36.5 Å². The first kappa shape index (κ1) is 19.0. The summed E-state index contributed by atoms with van der Waals surface area (Å²) in [5.41, 5.74) is 1.84. The van der Waals surface area contributed by atoms with Crippen molar-refractivity contribution in [1.29, 1.82) is 0 Å². The third-order valence-electron chi connectivity index (χ3n) is 4.17. The van der Waals surface area contributed by atoms with E-state index in [4.69, 9.17) is 18.9 Å². The Hall–Kier alpha value is -3.75. The number of hydrogen-bond donors (Lipinski definition) is 1. The first-order valence-electron chi connectivity index (χ1n) is 8.16. The number of benzene rings is 2. The molecule has 0 bridgehead atoms. The van der Waals surface area contributed by atoms with E-state index in [-0.39, 0.29) is 11.3 Å². The summed E-state index contributed by atoms with van der Waals surface area (Å²) in [5.74, 6) is 0.542. The van der Waals surface area contributed by atoms with E-state index >= 15 is 0 Å². The standard InChI is InChI=1S/C19H19N3O6/c1-25-15-6-5-11(7-13(15)19(23)24)14-10-20-21-22(14)12-8-16(26-2)18(28-4)17(9-12)27-3/h5-10H,1-4H3,(H,23,24). The van der Waals surface area contributed by atoms with E-state index in [0.29, 0.717) is 34.2 Å². The van der Waals surface area contributed by atoms with Crippen molar-refractivity contribution in [2.45, 2.75) is 0 Å². The summed E-state index contributed by atoms with van der Waals surface area (Å²) >= 11 is 0. The molecule has 2 aromatic carbocycles. The van der Waals surface area contributed by atoms with Gasteiger partial charge in [0.05, 0.1) is 46.0 Å². The molecule has 9 nitrogen and oxygen atoms in total. The zero-order valence-corrected chi connectivity index (χ0v) is 15.8. The SMILES string of the molecule is COc1ccc(-c2cnnn2-c2cc(OC)c(OC)c(OC)c2)cc1C(=O)O. The highest BCUT2D eigenvalue weighted by atomic mass is 16.5. The average Bonchev–Trinajstić information content (AvgIpc) is 3.21. The second kappa shape index (κ2) is 7.87. The molecule has 0 aliphatic heterocycles. The molecule has 0 spiro atoms. The molecule has 0 radical (unpaired) electrons. The molecule has 3 rings (SSSR count). The van der Waals surface area contributed by atoms with E-state index in [0.717, 1.165) is 0 Å². The summed E-state index contributed by atoms with van der Waals surface area (Å²) in [4.78, 5) is 11.5. The van der Waals surface area contributed by atoms with Gasteiger partial charge in [-0.05, 0) is 18.2 Å². The molecule has 0 atom stereocenters. The van der Waals surface area contributed by atoms with Gasteiger partial charge in [-0.3, -0.25) is 0 Å². The normalized spacial score (nSPS) is 10.4. The van der Waals surface area contributed by atoms with Crippen LogP contribution in [0.25, 0.3) is 16.9 Å². The monoisotopic (exact) mass is 385 g/mol. The molecule has 0 amide bonds. The summed E-state index contributed by atoms with van der Waals surface area (Å²) in [6, 6.07) is 8.28. The van der Waals surface area contributed by atoms with Gasteiger partial charge in [0.15, 0.2) is 11.5 Å². The summed E-state index contributed by atoms with van der Waals surface area (Å²) < 4.78 is 22.8. The van der Waals surface area contributed by atoms with Crippen molar-refractivity contribution < 1.29 is 28.8 Å². The van der Waals surface area contributed by atoms with Crippen LogP contribution >= 0.6 is 0 Å². The van der Waals surface area contributed by atoms with E-state index in [1.165, 1.54) is 40.7 Å². The minimum atomic E-state index is -1.09. The lowest BCUT2D eigenvalue weighted by atomic mass is 10.1. The lowest BCUT2D eigenvalue weighted by Gasteiger charge is -2.15. The van der Waals surface area contributed by atoms with Gasteiger partial charge in [-0.2, -0.15) is 0 Å². The largest absolute Gasteiger partial charge is 0.496 e. The Bertz CT molecular complexity index is 990. The second-order valence-electron chi connectivity index (χ2n) is 5.63. The van der Waals surface area contributed by atoms with Crippen LogP contribution in [0.2, 0.25) is 0 Å². The summed E-state index contributed by atoms with van der Waals surface area (Å²) in [6.45, 7) is 0. The summed E-state index contributed by atoms with van der Waals surface area (Å²) in [6.07, 6.45) is 1.54. The molecule has 0 saturated heterocycles. The minimum Gasteiger partial charge on any atom is -0.496 e. The summed E-state index contributed by atoms with van der Waals surface area (Å²) in [7, 11) is 5.98. The number of hydrogen-bond acceptors (Lipinski definition) is 7. The summed E-state index contributed by atoms with van der Waals surface area (Å²) in [5, 5.41) is 17.5. The maximum Gasteiger partial charge on any atom is 0.339 e. The molecular weight excluding hydrogens is 366 g/mol. The zero-order valence-electron chi connectivity index (χ0n) is 15.8. The number of carbonyl (C=O) groups is 1. The molecule has 0 fully saturated rings. The van der Waals surface area contributed by atoms with E-state index in [1.807, 2.05) is 0 Å². The van der Waals surface area contributed by atoms with Crippen molar-refractivity contribution in [1.82, 2.24) is 15.0 Å². The van der Waals surface area contributed by atoms with Crippen molar-refractivity contribution in [2.24, 2.45) is 0 Å². The number of ether oxygens (including phenoxy) is 4. The first-order valence-corrected chi connectivity index (χ1v) is 8.16. The van der Waals surface area contributed by atoms with Crippen LogP contribution in [0.5, 0.6) is 23.0 Å². The third kappa shape index (κ3) is 3.29. The molecule has 146 valence electrons. The highest BCUT2D eigenvalue weighted by Crippen LogP contribution is 2.40. The number of carboxylic acids is 1. The molecule has 3 aromatic rings. The second-order valence-corrected chi connectivity index (χ2v) is 5.63. The molecular formula is C19H19N3O6. The Balaban J connectivity index is 2.16. The predicted molar refractivity (Wildman–Crippen MR) is 100.0 cm³/mol. The van der Waals surface area contributed by atoms with E-state index in [2.05, 4.69) is 10.3 Å². The quantitative estimate of drug-likeness (QED) is 0.662. The van der Waals surface area contributed by atoms with Gasteiger partial charge in [-0.1, -0.05) is 5.21 Å². The van der Waals surface area contributed by atoms with Crippen molar-refractivity contribution in [3.63, 3.8) is 0 Å². The van der Waals surface area contributed by atoms with Crippen LogP contribution in [0, 0.1) is 0 Å². The molecule has 0 saturated carbocycles. The Labute approximate surface area is 161 Å². The number of nitrogens with zero attached hydrogens (tertiary/aromatic N) is 3. The highest BCUT2D eigenvalue weighted by Gasteiger charge is 2.19. The molecule has 1 heterocycles. The van der Waals surface area contributed by atoms with Crippen molar-refractivity contribution in [2.75, 3.05) is 28.4 Å². The maximum atomic E-state index is 11.5. The van der Waals surface area contributed by atoms with Crippen LogP contribution in [-0.4, -0.2) is 54.5 Å². The fraction of sp³-hybridized carbons (Fsp3) is 0.211. The molecule has 1 N–H and O–H groups in total. The molecule has 9 heteroatoms. The van der Waals surface area contributed by atoms with Crippen LogP contribution in [0.3, 0.4) is 0 Å². The van der Waals surface area contributed by atoms with Gasteiger partial charge in [0.2, 0.25) is 5.75 Å². The smallest absolute Gasteiger partial charge is 0.339 e. The molecule has 28 heavy (non-hydrogen) atoms. The Morgan fingerprint density at radius 2 is 1.57 bits per heavy atom. The Morgan fingerprint density at radius 1 is 0.929 bits per heavy atom. The fourth-order valence-corrected chi connectivity index (χ4v) is 2.85. The molecule has 0 aliphatic carbocycles. The van der Waals surface area contributed by atoms with Crippen LogP contribution in [-0.2, 0) is 0 Å². The van der Waals surface area contributed by atoms with Gasteiger partial charge >= 0.3 is 5.97 Å². The van der Waals surface area contributed by atoms with Crippen LogP contribution in [0.1, 0.15) is 10.4 Å². The molecule has 0 aliphatic rings. The third-order valence-corrected chi connectivity index (χ3v) is 4.17. The van der Waals surface area contributed by atoms with Crippen molar-refractivity contribution in [3.05, 3.63) is 42.1 Å². The number of aromatic nitrogens is 3. The minimum absolute atomic E-state index is 0.0395. The average molecular weight is 385 g/mol. The van der Waals surface area contributed by atoms with Crippen molar-refractivity contribution in [3.8, 4) is 39.9 Å². The maximum absolute atomic E-state index is 11.5. The number of rotatable bonds is 7.